The number of benzene rings is 3. The average Bonchev–Trinajstić information content (AvgIpc) is 2.81. The fourth-order valence-corrected chi connectivity index (χ4v) is 4.47. The van der Waals surface area contributed by atoms with Gasteiger partial charge in [0, 0.05) is 36.2 Å². The SMILES string of the molecule is COc1cc(C(c2ccc(Cl)cc2Cl)N2CCNCC2)ccc1OCc1ccccc1. The van der Waals surface area contributed by atoms with Crippen LogP contribution in [-0.4, -0.2) is 38.2 Å². The first-order valence-electron chi connectivity index (χ1n) is 10.4. The molecule has 1 atom stereocenters. The molecule has 1 heterocycles. The highest BCUT2D eigenvalue weighted by Crippen LogP contribution is 2.38. The second kappa shape index (κ2) is 10.4. The molecule has 4 rings (SSSR count). The van der Waals surface area contributed by atoms with Crippen LogP contribution in [-0.2, 0) is 6.61 Å². The number of piperazine rings is 1. The monoisotopic (exact) mass is 456 g/mol. The van der Waals surface area contributed by atoms with Crippen LogP contribution in [0.4, 0.5) is 0 Å². The number of methoxy groups -OCH3 is 1. The molecule has 0 radical (unpaired) electrons. The van der Waals surface area contributed by atoms with Crippen molar-refractivity contribution >= 4 is 23.2 Å². The van der Waals surface area contributed by atoms with E-state index in [0.29, 0.717) is 22.4 Å². The molecule has 0 aromatic heterocycles. The van der Waals surface area contributed by atoms with E-state index in [0.717, 1.165) is 48.6 Å². The van der Waals surface area contributed by atoms with Gasteiger partial charge in [-0.1, -0.05) is 65.7 Å². The van der Waals surface area contributed by atoms with Crippen LogP contribution in [0.2, 0.25) is 10.0 Å². The molecule has 1 aliphatic rings. The molecule has 0 saturated carbocycles. The summed E-state index contributed by atoms with van der Waals surface area (Å²) in [6.45, 7) is 4.23. The highest BCUT2D eigenvalue weighted by Gasteiger charge is 2.27. The lowest BCUT2D eigenvalue weighted by atomic mass is 9.96. The zero-order chi connectivity index (χ0) is 21.6. The number of ether oxygens (including phenoxy) is 2. The molecule has 1 N–H and O–H groups in total. The van der Waals surface area contributed by atoms with E-state index >= 15 is 0 Å². The maximum Gasteiger partial charge on any atom is 0.161 e. The van der Waals surface area contributed by atoms with E-state index in [2.05, 4.69) is 22.3 Å². The highest BCUT2D eigenvalue weighted by atomic mass is 35.5. The number of nitrogens with zero attached hydrogens (tertiary/aromatic N) is 1. The molecular formula is C25H26Cl2N2O2. The Balaban J connectivity index is 1.65. The average molecular weight is 457 g/mol. The molecule has 31 heavy (non-hydrogen) atoms. The van der Waals surface area contributed by atoms with Gasteiger partial charge in [0.25, 0.3) is 0 Å². The molecule has 162 valence electrons. The normalized spacial score (nSPS) is 15.5. The summed E-state index contributed by atoms with van der Waals surface area (Å²) < 4.78 is 11.7. The molecule has 3 aromatic rings. The predicted octanol–water partition coefficient (Wildman–Crippen LogP) is 5.58. The van der Waals surface area contributed by atoms with Gasteiger partial charge in [0.05, 0.1) is 13.2 Å². The third-order valence-electron chi connectivity index (χ3n) is 5.51. The van der Waals surface area contributed by atoms with Crippen LogP contribution in [0.1, 0.15) is 22.7 Å². The summed E-state index contributed by atoms with van der Waals surface area (Å²) in [6.07, 6.45) is 0. The van der Waals surface area contributed by atoms with Crippen molar-refractivity contribution in [3.8, 4) is 11.5 Å². The summed E-state index contributed by atoms with van der Waals surface area (Å²) in [4.78, 5) is 2.44. The molecule has 4 nitrogen and oxygen atoms in total. The van der Waals surface area contributed by atoms with Crippen LogP contribution >= 0.6 is 23.2 Å². The van der Waals surface area contributed by atoms with Crippen molar-refractivity contribution < 1.29 is 9.47 Å². The third kappa shape index (κ3) is 5.34. The van der Waals surface area contributed by atoms with Crippen LogP contribution in [0.5, 0.6) is 11.5 Å². The van der Waals surface area contributed by atoms with Crippen molar-refractivity contribution in [1.82, 2.24) is 10.2 Å². The minimum Gasteiger partial charge on any atom is -0.493 e. The molecule has 1 fully saturated rings. The quantitative estimate of drug-likeness (QED) is 0.503. The summed E-state index contributed by atoms with van der Waals surface area (Å²) in [5, 5.41) is 4.72. The van der Waals surface area contributed by atoms with Crippen LogP contribution < -0.4 is 14.8 Å². The molecular weight excluding hydrogens is 431 g/mol. The number of halogens is 2. The van der Waals surface area contributed by atoms with Crippen molar-refractivity contribution in [3.63, 3.8) is 0 Å². The minimum atomic E-state index is 0.00365. The molecule has 0 spiro atoms. The minimum absolute atomic E-state index is 0.00365. The van der Waals surface area contributed by atoms with E-state index in [1.54, 1.807) is 7.11 Å². The van der Waals surface area contributed by atoms with Crippen LogP contribution in [0, 0.1) is 0 Å². The molecule has 3 aromatic carbocycles. The maximum atomic E-state index is 6.63. The second-order valence-electron chi connectivity index (χ2n) is 7.54. The molecule has 1 aliphatic heterocycles. The van der Waals surface area contributed by atoms with Crippen molar-refractivity contribution in [1.29, 1.82) is 0 Å². The Morgan fingerprint density at radius 2 is 1.71 bits per heavy atom. The lowest BCUT2D eigenvalue weighted by molar-refractivity contribution is 0.198. The molecule has 1 saturated heterocycles. The Hall–Kier alpha value is -2.24. The van der Waals surface area contributed by atoms with E-state index in [9.17, 15) is 0 Å². The van der Waals surface area contributed by atoms with Gasteiger partial charge in [0.2, 0.25) is 0 Å². The molecule has 0 amide bonds. The number of hydrogen-bond acceptors (Lipinski definition) is 4. The first-order valence-corrected chi connectivity index (χ1v) is 11.2. The van der Waals surface area contributed by atoms with Crippen molar-refractivity contribution in [3.05, 3.63) is 93.5 Å². The first kappa shape index (κ1) is 22.0. The summed E-state index contributed by atoms with van der Waals surface area (Å²) in [5.74, 6) is 1.43. The van der Waals surface area contributed by atoms with Crippen LogP contribution in [0.15, 0.2) is 66.7 Å². The van der Waals surface area contributed by atoms with E-state index in [4.69, 9.17) is 32.7 Å². The Bertz CT molecular complexity index is 1010. The van der Waals surface area contributed by atoms with E-state index < -0.39 is 0 Å². The van der Waals surface area contributed by atoms with Gasteiger partial charge < -0.3 is 14.8 Å². The number of hydrogen-bond donors (Lipinski definition) is 1. The van der Waals surface area contributed by atoms with Gasteiger partial charge in [0.15, 0.2) is 11.5 Å². The zero-order valence-corrected chi connectivity index (χ0v) is 19.0. The van der Waals surface area contributed by atoms with E-state index in [1.165, 1.54) is 0 Å². The van der Waals surface area contributed by atoms with Gasteiger partial charge in [-0.3, -0.25) is 4.90 Å². The summed E-state index contributed by atoms with van der Waals surface area (Å²) in [6, 6.07) is 22.0. The Morgan fingerprint density at radius 1 is 0.935 bits per heavy atom. The number of rotatable bonds is 7. The summed E-state index contributed by atoms with van der Waals surface area (Å²) in [5.41, 5.74) is 3.25. The second-order valence-corrected chi connectivity index (χ2v) is 8.38. The van der Waals surface area contributed by atoms with Gasteiger partial charge in [0.1, 0.15) is 6.61 Å². The van der Waals surface area contributed by atoms with Gasteiger partial charge in [-0.15, -0.1) is 0 Å². The Morgan fingerprint density at radius 3 is 2.42 bits per heavy atom. The lowest BCUT2D eigenvalue weighted by Crippen LogP contribution is -2.45. The molecule has 0 aliphatic carbocycles. The highest BCUT2D eigenvalue weighted by molar-refractivity contribution is 6.35. The van der Waals surface area contributed by atoms with E-state index in [-0.39, 0.29) is 6.04 Å². The molecule has 6 heteroatoms. The summed E-state index contributed by atoms with van der Waals surface area (Å²) in [7, 11) is 1.67. The topological polar surface area (TPSA) is 33.7 Å². The van der Waals surface area contributed by atoms with Crippen molar-refractivity contribution in [2.24, 2.45) is 0 Å². The molecule has 0 bridgehead atoms. The van der Waals surface area contributed by atoms with Crippen LogP contribution in [0.3, 0.4) is 0 Å². The number of nitrogens with one attached hydrogen (secondary N) is 1. The fourth-order valence-electron chi connectivity index (χ4n) is 3.96. The largest absolute Gasteiger partial charge is 0.493 e. The van der Waals surface area contributed by atoms with Gasteiger partial charge in [-0.2, -0.15) is 0 Å². The fraction of sp³-hybridized carbons (Fsp3) is 0.280. The van der Waals surface area contributed by atoms with Crippen LogP contribution in [0.25, 0.3) is 0 Å². The predicted molar refractivity (Wildman–Crippen MR) is 127 cm³/mol. The standard InChI is InChI=1S/C25H26Cl2N2O2/c1-30-24-15-19(7-10-23(24)31-17-18-5-3-2-4-6-18)25(29-13-11-28-12-14-29)21-9-8-20(26)16-22(21)27/h2-10,15-16,25,28H,11-14,17H2,1H3. The van der Waals surface area contributed by atoms with E-state index in [1.807, 2.05) is 54.6 Å². The Kier molecular flexibility index (Phi) is 7.36. The zero-order valence-electron chi connectivity index (χ0n) is 17.5. The van der Waals surface area contributed by atoms with Gasteiger partial charge in [-0.05, 0) is 41.0 Å². The first-order chi connectivity index (χ1) is 15.2. The smallest absolute Gasteiger partial charge is 0.161 e. The maximum absolute atomic E-state index is 6.63. The summed E-state index contributed by atoms with van der Waals surface area (Å²) >= 11 is 12.8. The Labute approximate surface area is 193 Å². The lowest BCUT2D eigenvalue weighted by Gasteiger charge is -2.36. The van der Waals surface area contributed by atoms with Gasteiger partial charge in [-0.25, -0.2) is 0 Å². The van der Waals surface area contributed by atoms with Gasteiger partial charge >= 0.3 is 0 Å². The third-order valence-corrected chi connectivity index (χ3v) is 6.08. The van der Waals surface area contributed by atoms with Crippen molar-refractivity contribution in [2.75, 3.05) is 33.3 Å². The molecule has 1 unspecified atom stereocenters. The van der Waals surface area contributed by atoms with Crippen molar-refractivity contribution in [2.45, 2.75) is 12.6 Å².